The van der Waals surface area contributed by atoms with Gasteiger partial charge in [-0.15, -0.1) is 0 Å². The average Bonchev–Trinajstić information content (AvgIpc) is 3.57. The molecule has 0 aromatic heterocycles. The van der Waals surface area contributed by atoms with Crippen molar-refractivity contribution in [1.29, 1.82) is 0 Å². The van der Waals surface area contributed by atoms with Crippen LogP contribution in [-0.2, 0) is 16.1 Å². The predicted octanol–water partition coefficient (Wildman–Crippen LogP) is 2.96. The number of alkyl halides is 3. The maximum absolute atomic E-state index is 15.3. The van der Waals surface area contributed by atoms with Crippen molar-refractivity contribution in [2.45, 2.75) is 75.9 Å². The summed E-state index contributed by atoms with van der Waals surface area (Å²) >= 11 is 0. The minimum absolute atomic E-state index is 0.00885. The van der Waals surface area contributed by atoms with Crippen LogP contribution in [0.5, 0.6) is 5.75 Å². The highest BCUT2D eigenvalue weighted by atomic mass is 19.4. The van der Waals surface area contributed by atoms with Gasteiger partial charge in [-0.1, -0.05) is 12.1 Å². The summed E-state index contributed by atoms with van der Waals surface area (Å²) in [5, 5.41) is 15.4. The zero-order valence-corrected chi connectivity index (χ0v) is 35.3. The lowest BCUT2D eigenvalue weighted by atomic mass is 9.86. The van der Waals surface area contributed by atoms with Gasteiger partial charge in [-0.25, -0.2) is 9.18 Å². The van der Waals surface area contributed by atoms with Gasteiger partial charge in [0.25, 0.3) is 5.91 Å². The van der Waals surface area contributed by atoms with E-state index in [4.69, 9.17) is 11.5 Å². The highest BCUT2D eigenvalue weighted by molar-refractivity contribution is 6.00. The first-order valence-electron chi connectivity index (χ1n) is 21.1. The second-order valence-electron chi connectivity index (χ2n) is 17.2. The Kier molecular flexibility index (Phi) is 12.6. The van der Waals surface area contributed by atoms with E-state index in [-0.39, 0.29) is 78.5 Å². The fourth-order valence-electron chi connectivity index (χ4n) is 9.97. The summed E-state index contributed by atoms with van der Waals surface area (Å²) < 4.78 is 59.9. The molecule has 4 atom stereocenters. The number of aromatic hydroxyl groups is 1. The van der Waals surface area contributed by atoms with E-state index in [2.05, 4.69) is 20.4 Å². The number of amides is 4. The number of carbonyl (C=O) groups is 4. The quantitative estimate of drug-likeness (QED) is 0.175. The Bertz CT molecular complexity index is 2120. The summed E-state index contributed by atoms with van der Waals surface area (Å²) in [5.41, 5.74) is 11.8. The summed E-state index contributed by atoms with van der Waals surface area (Å²) in [6.45, 7) is 6.60. The number of phenolic OH excluding ortho intramolecular Hbond substituents is 1. The average molecular weight is 869 g/mol. The van der Waals surface area contributed by atoms with Crippen molar-refractivity contribution in [3.05, 3.63) is 76.5 Å². The number of piperidine rings is 1. The summed E-state index contributed by atoms with van der Waals surface area (Å²) in [6.07, 6.45) is -1.10. The number of piperazine rings is 2. The van der Waals surface area contributed by atoms with E-state index in [1.165, 1.54) is 35.1 Å². The summed E-state index contributed by atoms with van der Waals surface area (Å²) in [5.74, 6) is -1.88. The lowest BCUT2D eigenvalue weighted by molar-refractivity contribution is -0.238. The molecule has 7 rings (SSSR count). The van der Waals surface area contributed by atoms with Crippen LogP contribution in [0.3, 0.4) is 0 Å². The molecule has 0 saturated carbocycles. The first-order valence-corrected chi connectivity index (χ1v) is 21.1. The highest BCUT2D eigenvalue weighted by Gasteiger charge is 2.63. The fraction of sp³-hybridized carbons (Fsp3) is 0.535. The molecule has 15 nitrogen and oxygen atoms in total. The van der Waals surface area contributed by atoms with Crippen LogP contribution >= 0.6 is 0 Å². The Morgan fingerprint density at radius 3 is 2.44 bits per heavy atom. The number of nitrogens with two attached hydrogens (primary N) is 2. The number of anilines is 1. The number of hydrogen-bond acceptors (Lipinski definition) is 11. The smallest absolute Gasteiger partial charge is 0.415 e. The third-order valence-corrected chi connectivity index (χ3v) is 13.3. The summed E-state index contributed by atoms with van der Waals surface area (Å²) in [7, 11) is 1.53. The number of para-hydroxylation sites is 1. The van der Waals surface area contributed by atoms with Crippen LogP contribution in [0.25, 0.3) is 5.70 Å². The van der Waals surface area contributed by atoms with Gasteiger partial charge < -0.3 is 56.5 Å². The zero-order chi connectivity index (χ0) is 44.7. The van der Waals surface area contributed by atoms with E-state index < -0.39 is 48.4 Å². The third kappa shape index (κ3) is 8.42. The molecule has 4 amide bonds. The minimum atomic E-state index is -4.81. The van der Waals surface area contributed by atoms with Crippen molar-refractivity contribution < 1.29 is 41.8 Å². The zero-order valence-electron chi connectivity index (χ0n) is 35.3. The molecule has 4 unspecified atom stereocenters. The number of rotatable bonds is 10. The molecule has 5 aliphatic rings. The van der Waals surface area contributed by atoms with E-state index in [0.29, 0.717) is 24.9 Å². The molecule has 2 aromatic carbocycles. The van der Waals surface area contributed by atoms with E-state index in [1.807, 2.05) is 32.0 Å². The van der Waals surface area contributed by atoms with Gasteiger partial charge in [0.15, 0.2) is 17.1 Å². The number of benzene rings is 2. The topological polar surface area (TPSA) is 184 Å². The number of allylic oxidation sites excluding steroid dienone is 1. The minimum Gasteiger partial charge on any atom is -0.504 e. The largest absolute Gasteiger partial charge is 0.504 e. The molecule has 7 N–H and O–H groups in total. The molecular weight excluding hydrogens is 813 g/mol. The molecule has 5 heterocycles. The van der Waals surface area contributed by atoms with Gasteiger partial charge >= 0.3 is 12.2 Å². The highest BCUT2D eigenvalue weighted by Crippen LogP contribution is 2.44. The van der Waals surface area contributed by atoms with Crippen molar-refractivity contribution in [3.63, 3.8) is 0 Å². The SMILES string of the molecule is CNC(=O)CCC(C=O)N1Cc2ccc(N3CCN(CC4CC(C)N(C(=O)N5CCN6C(/C=C(\N)c7cccc(F)c7O)=C(N)NCC6(C(F)(F)F)C5)C(C)C4)CC3)cc2C1=O. The molecule has 2 aromatic rings. The van der Waals surface area contributed by atoms with Gasteiger partial charge in [0.1, 0.15) is 12.1 Å². The molecule has 336 valence electrons. The Morgan fingerprint density at radius 1 is 1.06 bits per heavy atom. The molecule has 0 radical (unpaired) electrons. The van der Waals surface area contributed by atoms with Crippen molar-refractivity contribution >= 4 is 35.5 Å². The van der Waals surface area contributed by atoms with Crippen LogP contribution in [0.4, 0.5) is 28.0 Å². The standard InChI is InChI=1S/C43H56F4N10O5/c1-26-17-28(21-52-11-13-53(14-12-52)30-8-7-29-22-55(40(61)33(29)19-30)31(23-58)9-10-37(59)50-3)18-27(2)57(26)41(62)54-15-16-56-36(20-35(48)32-5-4-6-34(44)38(32)60)39(49)51-24-42(56,25-54)43(45,46)47/h4-8,19-20,23,26-28,31,51,60H,9-18,21-22,24-25,48-49H2,1-3H3,(H,50,59)/b35-20-. The van der Waals surface area contributed by atoms with Gasteiger partial charge in [0.2, 0.25) is 5.91 Å². The van der Waals surface area contributed by atoms with Crippen molar-refractivity contribution in [2.24, 2.45) is 17.4 Å². The maximum atomic E-state index is 15.3. The molecule has 3 saturated heterocycles. The van der Waals surface area contributed by atoms with E-state index in [1.54, 1.807) is 4.90 Å². The van der Waals surface area contributed by atoms with Crippen LogP contribution in [0.15, 0.2) is 54.0 Å². The molecule has 62 heavy (non-hydrogen) atoms. The number of hydrogen-bond donors (Lipinski definition) is 5. The number of aldehydes is 1. The van der Waals surface area contributed by atoms with Gasteiger partial charge in [-0.3, -0.25) is 14.5 Å². The molecule has 5 aliphatic heterocycles. The van der Waals surface area contributed by atoms with Crippen molar-refractivity contribution in [3.8, 4) is 5.75 Å². The Morgan fingerprint density at radius 2 is 1.77 bits per heavy atom. The Hall–Kier alpha value is -5.72. The first-order chi connectivity index (χ1) is 29.5. The molecule has 19 heteroatoms. The summed E-state index contributed by atoms with van der Waals surface area (Å²) in [6, 6.07) is 7.95. The monoisotopic (exact) mass is 868 g/mol. The van der Waals surface area contributed by atoms with E-state index in [0.717, 1.165) is 61.2 Å². The van der Waals surface area contributed by atoms with E-state index >= 15 is 13.2 Å². The number of nitrogens with one attached hydrogen (secondary N) is 2. The molecule has 0 spiro atoms. The number of halogens is 4. The van der Waals surface area contributed by atoms with E-state index in [9.17, 15) is 28.7 Å². The van der Waals surface area contributed by atoms with Crippen molar-refractivity contribution in [2.75, 3.05) is 70.9 Å². The maximum Gasteiger partial charge on any atom is 0.415 e. The van der Waals surface area contributed by atoms with Crippen LogP contribution in [0, 0.1) is 11.7 Å². The molecule has 3 fully saturated rings. The van der Waals surface area contributed by atoms with Gasteiger partial charge in [0, 0.05) is 100 Å². The van der Waals surface area contributed by atoms with Crippen LogP contribution < -0.4 is 27.0 Å². The number of likely N-dealkylation sites (tertiary alicyclic amines) is 1. The molecule has 0 aliphatic carbocycles. The number of fused-ring (bicyclic) bond motifs is 2. The fourth-order valence-corrected chi connectivity index (χ4v) is 9.97. The lowest BCUT2D eigenvalue weighted by Crippen LogP contribution is -2.75. The van der Waals surface area contributed by atoms with Crippen LogP contribution in [-0.4, -0.2) is 150 Å². The van der Waals surface area contributed by atoms with Gasteiger partial charge in [0.05, 0.1) is 24.8 Å². The van der Waals surface area contributed by atoms with Crippen LogP contribution in [0.1, 0.15) is 61.0 Å². The number of nitrogens with zero attached hydrogens (tertiary/aromatic N) is 6. The predicted molar refractivity (Wildman–Crippen MR) is 224 cm³/mol. The number of carbonyl (C=O) groups excluding carboxylic acids is 4. The number of phenols is 1. The normalized spacial score (nSPS) is 25.3. The second-order valence-corrected chi connectivity index (χ2v) is 17.2. The summed E-state index contributed by atoms with van der Waals surface area (Å²) in [4.78, 5) is 61.5. The Labute approximate surface area is 358 Å². The van der Waals surface area contributed by atoms with Crippen LogP contribution in [0.2, 0.25) is 0 Å². The Balaban J connectivity index is 0.948. The second kappa shape index (κ2) is 17.6. The lowest BCUT2D eigenvalue weighted by Gasteiger charge is -2.56. The molecule has 0 bridgehead atoms. The van der Waals surface area contributed by atoms with Gasteiger partial charge in [-0.05, 0) is 74.9 Å². The number of urea groups is 1. The van der Waals surface area contributed by atoms with Crippen molar-refractivity contribution in [1.82, 2.24) is 35.1 Å². The van der Waals surface area contributed by atoms with Gasteiger partial charge in [-0.2, -0.15) is 13.2 Å². The third-order valence-electron chi connectivity index (χ3n) is 13.3. The molecular formula is C43H56F4N10O5. The first kappa shape index (κ1) is 44.3.